The third-order valence-electron chi connectivity index (χ3n) is 5.10. The SMILES string of the molecule is CCOc1ccc(NC(=O)CSc2nc3c(-c4ccc(C)cc4)csc3c(=O)n2CC)cc1. The number of hydrogen-bond acceptors (Lipinski definition) is 6. The fourth-order valence-electron chi connectivity index (χ4n) is 3.44. The molecule has 0 atom stereocenters. The molecule has 4 rings (SSSR count). The van der Waals surface area contributed by atoms with Crippen LogP contribution in [0.15, 0.2) is 63.9 Å². The number of carbonyl (C=O) groups excluding carboxylic acids is 1. The molecule has 33 heavy (non-hydrogen) atoms. The van der Waals surface area contributed by atoms with Crippen LogP contribution in [-0.4, -0.2) is 27.8 Å². The number of aryl methyl sites for hydroxylation is 1. The van der Waals surface area contributed by atoms with E-state index >= 15 is 0 Å². The lowest BCUT2D eigenvalue weighted by molar-refractivity contribution is -0.113. The van der Waals surface area contributed by atoms with Crippen LogP contribution in [-0.2, 0) is 11.3 Å². The van der Waals surface area contributed by atoms with Gasteiger partial charge in [0.1, 0.15) is 10.4 Å². The van der Waals surface area contributed by atoms with Gasteiger partial charge in [-0.2, -0.15) is 0 Å². The molecule has 4 aromatic rings. The fourth-order valence-corrected chi connectivity index (χ4v) is 5.25. The second-order valence-corrected chi connectivity index (χ2v) is 9.25. The summed E-state index contributed by atoms with van der Waals surface area (Å²) in [6.45, 7) is 6.96. The Morgan fingerprint density at radius 3 is 2.52 bits per heavy atom. The number of rotatable bonds is 8. The molecule has 2 aromatic heterocycles. The fraction of sp³-hybridized carbons (Fsp3) is 0.240. The summed E-state index contributed by atoms with van der Waals surface area (Å²) in [6, 6.07) is 15.4. The highest BCUT2D eigenvalue weighted by molar-refractivity contribution is 7.99. The second kappa shape index (κ2) is 10.2. The standard InChI is InChI=1S/C25H25N3O3S2/c1-4-28-24(30)23-22(20(14-32-23)17-8-6-16(3)7-9-17)27-25(28)33-15-21(29)26-18-10-12-19(13-11-18)31-5-2/h6-14H,4-5,15H2,1-3H3,(H,26,29). The van der Waals surface area contributed by atoms with E-state index in [4.69, 9.17) is 9.72 Å². The molecule has 0 aliphatic carbocycles. The van der Waals surface area contributed by atoms with Crippen LogP contribution in [0.5, 0.6) is 5.75 Å². The predicted molar refractivity (Wildman–Crippen MR) is 137 cm³/mol. The van der Waals surface area contributed by atoms with E-state index in [1.54, 1.807) is 16.7 Å². The summed E-state index contributed by atoms with van der Waals surface area (Å²) in [6.07, 6.45) is 0. The Kier molecular flexibility index (Phi) is 7.15. The molecule has 1 amide bonds. The van der Waals surface area contributed by atoms with Crippen molar-refractivity contribution in [3.05, 3.63) is 69.8 Å². The maximum atomic E-state index is 13.1. The molecule has 0 aliphatic rings. The number of aromatic nitrogens is 2. The molecule has 0 aliphatic heterocycles. The summed E-state index contributed by atoms with van der Waals surface area (Å²) in [5, 5.41) is 5.41. The summed E-state index contributed by atoms with van der Waals surface area (Å²) >= 11 is 2.68. The van der Waals surface area contributed by atoms with Gasteiger partial charge < -0.3 is 10.1 Å². The quantitative estimate of drug-likeness (QED) is 0.264. The monoisotopic (exact) mass is 479 g/mol. The van der Waals surface area contributed by atoms with Crippen molar-refractivity contribution in [2.45, 2.75) is 32.5 Å². The molecule has 1 N–H and O–H groups in total. The second-order valence-electron chi connectivity index (χ2n) is 7.43. The van der Waals surface area contributed by atoms with Crippen LogP contribution in [0.2, 0.25) is 0 Å². The molecule has 2 aromatic carbocycles. The number of carbonyl (C=O) groups is 1. The number of thiophene rings is 1. The lowest BCUT2D eigenvalue weighted by Gasteiger charge is -2.11. The lowest BCUT2D eigenvalue weighted by Crippen LogP contribution is -2.22. The van der Waals surface area contributed by atoms with E-state index in [9.17, 15) is 9.59 Å². The molecule has 170 valence electrons. The number of ether oxygens (including phenoxy) is 1. The van der Waals surface area contributed by atoms with Crippen LogP contribution in [0.4, 0.5) is 5.69 Å². The topological polar surface area (TPSA) is 73.2 Å². The Labute approximate surface area is 200 Å². The highest BCUT2D eigenvalue weighted by atomic mass is 32.2. The van der Waals surface area contributed by atoms with Gasteiger partial charge in [0.2, 0.25) is 5.91 Å². The van der Waals surface area contributed by atoms with E-state index in [1.165, 1.54) is 28.7 Å². The van der Waals surface area contributed by atoms with E-state index in [2.05, 4.69) is 5.32 Å². The van der Waals surface area contributed by atoms with E-state index in [1.807, 2.05) is 62.5 Å². The molecule has 8 heteroatoms. The van der Waals surface area contributed by atoms with Crippen molar-refractivity contribution >= 4 is 44.9 Å². The van der Waals surface area contributed by atoms with Crippen molar-refractivity contribution in [3.63, 3.8) is 0 Å². The highest BCUT2D eigenvalue weighted by Crippen LogP contribution is 2.32. The van der Waals surface area contributed by atoms with Gasteiger partial charge in [0.25, 0.3) is 5.56 Å². The van der Waals surface area contributed by atoms with E-state index in [-0.39, 0.29) is 17.2 Å². The average Bonchev–Trinajstić information content (AvgIpc) is 3.24. The number of hydrogen-bond donors (Lipinski definition) is 1. The molecule has 2 heterocycles. The summed E-state index contributed by atoms with van der Waals surface area (Å²) in [5.41, 5.74) is 4.45. The summed E-state index contributed by atoms with van der Waals surface area (Å²) < 4.78 is 7.69. The Morgan fingerprint density at radius 1 is 1.12 bits per heavy atom. The highest BCUT2D eigenvalue weighted by Gasteiger charge is 2.17. The van der Waals surface area contributed by atoms with Crippen LogP contribution < -0.4 is 15.6 Å². The largest absolute Gasteiger partial charge is 0.494 e. The van der Waals surface area contributed by atoms with Gasteiger partial charge in [-0.25, -0.2) is 4.98 Å². The van der Waals surface area contributed by atoms with Crippen molar-refractivity contribution in [2.75, 3.05) is 17.7 Å². The minimum atomic E-state index is -0.162. The minimum absolute atomic E-state index is 0.0692. The normalized spacial score (nSPS) is 11.0. The predicted octanol–water partition coefficient (Wildman–Crippen LogP) is 5.58. The molecule has 0 saturated heterocycles. The van der Waals surface area contributed by atoms with Gasteiger partial charge in [0.05, 0.1) is 17.9 Å². The number of nitrogens with one attached hydrogen (secondary N) is 1. The third kappa shape index (κ3) is 5.12. The van der Waals surface area contributed by atoms with Crippen LogP contribution in [0.3, 0.4) is 0 Å². The first kappa shape index (κ1) is 23.1. The molecular formula is C25H25N3O3S2. The van der Waals surface area contributed by atoms with Crippen molar-refractivity contribution in [1.29, 1.82) is 0 Å². The number of nitrogens with zero attached hydrogens (tertiary/aromatic N) is 2. The number of anilines is 1. The molecule has 0 bridgehead atoms. The first-order valence-corrected chi connectivity index (χ1v) is 12.6. The van der Waals surface area contributed by atoms with Gasteiger partial charge in [0, 0.05) is 23.2 Å². The van der Waals surface area contributed by atoms with Crippen LogP contribution in [0, 0.1) is 6.92 Å². The van der Waals surface area contributed by atoms with Gasteiger partial charge in [-0.05, 0) is 50.6 Å². The molecule has 0 radical (unpaired) electrons. The first-order chi connectivity index (χ1) is 16.0. The molecule has 0 fully saturated rings. The number of fused-ring (bicyclic) bond motifs is 1. The summed E-state index contributed by atoms with van der Waals surface area (Å²) in [5.74, 6) is 0.745. The smallest absolute Gasteiger partial charge is 0.272 e. The zero-order valence-corrected chi connectivity index (χ0v) is 20.4. The van der Waals surface area contributed by atoms with Gasteiger partial charge in [-0.3, -0.25) is 14.2 Å². The van der Waals surface area contributed by atoms with Gasteiger partial charge >= 0.3 is 0 Å². The Balaban J connectivity index is 1.56. The Hall–Kier alpha value is -3.10. The van der Waals surface area contributed by atoms with Gasteiger partial charge in [0.15, 0.2) is 5.16 Å². The Bertz CT molecular complexity index is 1330. The van der Waals surface area contributed by atoms with Gasteiger partial charge in [-0.15, -0.1) is 11.3 Å². The van der Waals surface area contributed by atoms with Crippen molar-refractivity contribution < 1.29 is 9.53 Å². The lowest BCUT2D eigenvalue weighted by atomic mass is 10.1. The zero-order valence-electron chi connectivity index (χ0n) is 18.8. The molecular weight excluding hydrogens is 454 g/mol. The summed E-state index contributed by atoms with van der Waals surface area (Å²) in [4.78, 5) is 30.5. The minimum Gasteiger partial charge on any atom is -0.494 e. The van der Waals surface area contributed by atoms with Crippen LogP contribution >= 0.6 is 23.1 Å². The average molecular weight is 480 g/mol. The first-order valence-electron chi connectivity index (χ1n) is 10.7. The third-order valence-corrected chi connectivity index (χ3v) is 7.04. The molecule has 0 spiro atoms. The van der Waals surface area contributed by atoms with Crippen molar-refractivity contribution in [2.24, 2.45) is 0 Å². The van der Waals surface area contributed by atoms with Crippen molar-refractivity contribution in [3.8, 4) is 16.9 Å². The number of amides is 1. The summed E-state index contributed by atoms with van der Waals surface area (Å²) in [7, 11) is 0. The van der Waals surface area contributed by atoms with E-state index in [0.717, 1.165) is 16.9 Å². The van der Waals surface area contributed by atoms with E-state index < -0.39 is 0 Å². The van der Waals surface area contributed by atoms with Crippen molar-refractivity contribution in [1.82, 2.24) is 9.55 Å². The molecule has 0 saturated carbocycles. The molecule has 6 nitrogen and oxygen atoms in total. The van der Waals surface area contributed by atoms with Crippen LogP contribution in [0.1, 0.15) is 19.4 Å². The maximum absolute atomic E-state index is 13.1. The number of benzene rings is 2. The number of thioether (sulfide) groups is 1. The maximum Gasteiger partial charge on any atom is 0.272 e. The van der Waals surface area contributed by atoms with Gasteiger partial charge in [-0.1, -0.05) is 41.6 Å². The molecule has 0 unspecified atom stereocenters. The van der Waals surface area contributed by atoms with Crippen LogP contribution in [0.25, 0.3) is 21.3 Å². The Morgan fingerprint density at radius 2 is 1.85 bits per heavy atom. The van der Waals surface area contributed by atoms with E-state index in [0.29, 0.717) is 34.2 Å². The zero-order chi connectivity index (χ0) is 23.4.